The molecule has 3 rings (SSSR count). The van der Waals surface area contributed by atoms with Gasteiger partial charge in [0, 0.05) is 13.1 Å². The standard InChI is InChI=1S/C19H16Cl2N2O3/c1-22-19(25)17-11-23(15-4-2-3-5-16(15)26-17)18(24)9-7-12-6-8-13(20)14(21)10-12/h2-10,17H,11H2,1H3,(H,22,25)/b9-7+/t17-/m0/s1. The van der Waals surface area contributed by atoms with Crippen molar-refractivity contribution in [1.29, 1.82) is 0 Å². The Kier molecular flexibility index (Phi) is 5.49. The number of hydrogen-bond donors (Lipinski definition) is 1. The zero-order valence-electron chi connectivity index (χ0n) is 13.9. The monoisotopic (exact) mass is 390 g/mol. The fourth-order valence-electron chi connectivity index (χ4n) is 2.61. The first-order valence-corrected chi connectivity index (χ1v) is 8.67. The number of carbonyl (C=O) groups excluding carboxylic acids is 2. The molecule has 134 valence electrons. The Morgan fingerprint density at radius 3 is 2.69 bits per heavy atom. The minimum atomic E-state index is -0.766. The van der Waals surface area contributed by atoms with Crippen molar-refractivity contribution in [3.63, 3.8) is 0 Å². The molecule has 1 heterocycles. The highest BCUT2D eigenvalue weighted by molar-refractivity contribution is 6.42. The molecule has 0 saturated heterocycles. The lowest BCUT2D eigenvalue weighted by atomic mass is 10.1. The van der Waals surface area contributed by atoms with Gasteiger partial charge in [-0.05, 0) is 35.9 Å². The van der Waals surface area contributed by atoms with E-state index in [0.29, 0.717) is 21.5 Å². The Bertz CT molecular complexity index is 883. The van der Waals surface area contributed by atoms with E-state index < -0.39 is 6.10 Å². The molecule has 0 saturated carbocycles. The first kappa shape index (κ1) is 18.3. The van der Waals surface area contributed by atoms with Crippen LogP contribution in [0.2, 0.25) is 10.0 Å². The number of amides is 2. The van der Waals surface area contributed by atoms with E-state index in [1.165, 1.54) is 18.0 Å². The Balaban J connectivity index is 1.86. The molecule has 7 heteroatoms. The Morgan fingerprint density at radius 1 is 1.19 bits per heavy atom. The van der Waals surface area contributed by atoms with Gasteiger partial charge in [-0.2, -0.15) is 0 Å². The van der Waals surface area contributed by atoms with Crippen LogP contribution >= 0.6 is 23.2 Å². The second kappa shape index (κ2) is 7.81. The minimum absolute atomic E-state index is 0.126. The maximum absolute atomic E-state index is 12.7. The van der Waals surface area contributed by atoms with Crippen LogP contribution < -0.4 is 15.0 Å². The highest BCUT2D eigenvalue weighted by atomic mass is 35.5. The molecule has 0 spiro atoms. The SMILES string of the molecule is CNC(=O)[C@@H]1CN(C(=O)/C=C/c2ccc(Cl)c(Cl)c2)c2ccccc2O1. The minimum Gasteiger partial charge on any atom is -0.477 e. The molecule has 0 fully saturated rings. The van der Waals surface area contributed by atoms with Gasteiger partial charge in [-0.25, -0.2) is 0 Å². The zero-order valence-corrected chi connectivity index (χ0v) is 15.4. The number of ether oxygens (including phenoxy) is 1. The number of nitrogens with one attached hydrogen (secondary N) is 1. The van der Waals surface area contributed by atoms with Gasteiger partial charge < -0.3 is 15.0 Å². The molecule has 2 aromatic rings. The third kappa shape index (κ3) is 3.84. The summed E-state index contributed by atoms with van der Waals surface area (Å²) in [5, 5.41) is 3.41. The largest absolute Gasteiger partial charge is 0.477 e. The summed E-state index contributed by atoms with van der Waals surface area (Å²) in [6, 6.07) is 12.2. The van der Waals surface area contributed by atoms with E-state index in [-0.39, 0.29) is 18.4 Å². The van der Waals surface area contributed by atoms with Gasteiger partial charge in [-0.3, -0.25) is 9.59 Å². The van der Waals surface area contributed by atoms with Crippen LogP contribution in [0.1, 0.15) is 5.56 Å². The zero-order chi connectivity index (χ0) is 18.7. The van der Waals surface area contributed by atoms with Crippen LogP contribution in [-0.4, -0.2) is 31.5 Å². The molecule has 1 atom stereocenters. The van der Waals surface area contributed by atoms with Crippen molar-refractivity contribution < 1.29 is 14.3 Å². The number of anilines is 1. The highest BCUT2D eigenvalue weighted by Gasteiger charge is 2.32. The third-order valence-corrected chi connectivity index (χ3v) is 4.68. The summed E-state index contributed by atoms with van der Waals surface area (Å²) in [6.07, 6.45) is 2.32. The maximum Gasteiger partial charge on any atom is 0.262 e. The molecule has 2 amide bonds. The van der Waals surface area contributed by atoms with Crippen molar-refractivity contribution in [3.05, 3.63) is 64.1 Å². The van der Waals surface area contributed by atoms with E-state index in [2.05, 4.69) is 5.32 Å². The molecule has 0 unspecified atom stereocenters. The second-order valence-electron chi connectivity index (χ2n) is 5.64. The van der Waals surface area contributed by atoms with Crippen LogP contribution in [0.3, 0.4) is 0 Å². The summed E-state index contributed by atoms with van der Waals surface area (Å²) >= 11 is 11.9. The first-order valence-electron chi connectivity index (χ1n) is 7.91. The molecule has 0 aliphatic carbocycles. The number of carbonyl (C=O) groups is 2. The normalized spacial score (nSPS) is 16.1. The van der Waals surface area contributed by atoms with Crippen LogP contribution in [0.4, 0.5) is 5.69 Å². The molecule has 0 radical (unpaired) electrons. The van der Waals surface area contributed by atoms with E-state index in [9.17, 15) is 9.59 Å². The lowest BCUT2D eigenvalue weighted by Gasteiger charge is -2.33. The molecule has 5 nitrogen and oxygen atoms in total. The van der Waals surface area contributed by atoms with Gasteiger partial charge in [0.05, 0.1) is 22.3 Å². The van der Waals surface area contributed by atoms with Gasteiger partial charge in [0.15, 0.2) is 6.10 Å². The number of likely N-dealkylation sites (N-methyl/N-ethyl adjacent to an activating group) is 1. The van der Waals surface area contributed by atoms with E-state index >= 15 is 0 Å². The number of para-hydroxylation sites is 2. The molecule has 0 aromatic heterocycles. The fraction of sp³-hybridized carbons (Fsp3) is 0.158. The van der Waals surface area contributed by atoms with Crippen molar-refractivity contribution in [3.8, 4) is 5.75 Å². The Hall–Kier alpha value is -2.50. The summed E-state index contributed by atoms with van der Waals surface area (Å²) in [7, 11) is 1.53. The predicted octanol–water partition coefficient (Wildman–Crippen LogP) is 3.55. The summed E-state index contributed by atoms with van der Waals surface area (Å²) in [5.74, 6) is -0.0601. The van der Waals surface area contributed by atoms with E-state index in [4.69, 9.17) is 27.9 Å². The summed E-state index contributed by atoms with van der Waals surface area (Å²) < 4.78 is 5.69. The fourth-order valence-corrected chi connectivity index (χ4v) is 2.92. The van der Waals surface area contributed by atoms with E-state index in [1.54, 1.807) is 42.5 Å². The number of fused-ring (bicyclic) bond motifs is 1. The van der Waals surface area contributed by atoms with Crippen LogP contribution in [-0.2, 0) is 9.59 Å². The molecular formula is C19H16Cl2N2O3. The average molecular weight is 391 g/mol. The number of rotatable bonds is 3. The van der Waals surface area contributed by atoms with Crippen molar-refractivity contribution in [1.82, 2.24) is 5.32 Å². The maximum atomic E-state index is 12.7. The lowest BCUT2D eigenvalue weighted by molar-refractivity contribution is -0.127. The number of nitrogens with zero attached hydrogens (tertiary/aromatic N) is 1. The van der Waals surface area contributed by atoms with Crippen molar-refractivity contribution >= 4 is 46.8 Å². The second-order valence-corrected chi connectivity index (χ2v) is 6.46. The van der Waals surface area contributed by atoms with Gasteiger partial charge in [0.1, 0.15) is 5.75 Å². The van der Waals surface area contributed by atoms with Gasteiger partial charge >= 0.3 is 0 Å². The Labute approximate surface area is 161 Å². The molecule has 2 aromatic carbocycles. The average Bonchev–Trinajstić information content (AvgIpc) is 2.67. The molecular weight excluding hydrogens is 375 g/mol. The van der Waals surface area contributed by atoms with Crippen molar-refractivity contribution in [2.45, 2.75) is 6.10 Å². The van der Waals surface area contributed by atoms with E-state index in [1.807, 2.05) is 6.07 Å². The Morgan fingerprint density at radius 2 is 1.96 bits per heavy atom. The van der Waals surface area contributed by atoms with Crippen LogP contribution in [0.25, 0.3) is 6.08 Å². The molecule has 1 aliphatic rings. The molecule has 1 aliphatic heterocycles. The number of benzene rings is 2. The van der Waals surface area contributed by atoms with Gasteiger partial charge in [0.25, 0.3) is 11.8 Å². The summed E-state index contributed by atoms with van der Waals surface area (Å²) in [5.41, 5.74) is 1.37. The van der Waals surface area contributed by atoms with E-state index in [0.717, 1.165) is 5.56 Å². The van der Waals surface area contributed by atoms with Crippen molar-refractivity contribution in [2.24, 2.45) is 0 Å². The molecule has 0 bridgehead atoms. The quantitative estimate of drug-likeness (QED) is 0.815. The smallest absolute Gasteiger partial charge is 0.262 e. The molecule has 1 N–H and O–H groups in total. The summed E-state index contributed by atoms with van der Waals surface area (Å²) in [4.78, 5) is 26.2. The number of hydrogen-bond acceptors (Lipinski definition) is 3. The summed E-state index contributed by atoms with van der Waals surface area (Å²) in [6.45, 7) is 0.126. The van der Waals surface area contributed by atoms with Crippen LogP contribution in [0.5, 0.6) is 5.75 Å². The van der Waals surface area contributed by atoms with Crippen LogP contribution in [0.15, 0.2) is 48.5 Å². The number of halogens is 2. The van der Waals surface area contributed by atoms with Gasteiger partial charge in [-0.1, -0.05) is 41.4 Å². The van der Waals surface area contributed by atoms with Crippen molar-refractivity contribution in [2.75, 3.05) is 18.5 Å². The van der Waals surface area contributed by atoms with Crippen LogP contribution in [0, 0.1) is 0 Å². The molecule has 26 heavy (non-hydrogen) atoms. The first-order chi connectivity index (χ1) is 12.5. The highest BCUT2D eigenvalue weighted by Crippen LogP contribution is 2.33. The van der Waals surface area contributed by atoms with Gasteiger partial charge in [-0.15, -0.1) is 0 Å². The third-order valence-electron chi connectivity index (χ3n) is 3.94. The predicted molar refractivity (Wildman–Crippen MR) is 103 cm³/mol. The topological polar surface area (TPSA) is 58.6 Å². The lowest BCUT2D eigenvalue weighted by Crippen LogP contribution is -2.49. The van der Waals surface area contributed by atoms with Gasteiger partial charge in [0.2, 0.25) is 0 Å².